The first-order chi connectivity index (χ1) is 12.1. The molecule has 0 atom stereocenters. The van der Waals surface area contributed by atoms with Crippen LogP contribution in [-0.2, 0) is 6.42 Å². The lowest BCUT2D eigenvalue weighted by Gasteiger charge is -2.11. The largest absolute Gasteiger partial charge is 0.242 e. The zero-order valence-electron chi connectivity index (χ0n) is 13.7. The average Bonchev–Trinajstić information content (AvgIpc) is 2.99. The topological polar surface area (TPSA) is 62.5 Å². The molecule has 0 aliphatic carbocycles. The molecule has 0 unspecified atom stereocenters. The number of aromatic nitrogens is 3. The third-order valence-electron chi connectivity index (χ3n) is 4.41. The normalized spacial score (nSPS) is 11.1. The Morgan fingerprint density at radius 3 is 2.64 bits per heavy atom. The van der Waals surface area contributed by atoms with Crippen LogP contribution in [-0.4, -0.2) is 15.0 Å². The van der Waals surface area contributed by atoms with Gasteiger partial charge in [0.2, 0.25) is 0 Å². The van der Waals surface area contributed by atoms with Crippen LogP contribution in [0.4, 0.5) is 0 Å². The number of nitrogens with zero attached hydrogens (tertiary/aromatic N) is 4. The van der Waals surface area contributed by atoms with Gasteiger partial charge >= 0.3 is 0 Å². The van der Waals surface area contributed by atoms with Crippen molar-refractivity contribution in [2.45, 2.75) is 20.3 Å². The second kappa shape index (κ2) is 6.07. The summed E-state index contributed by atoms with van der Waals surface area (Å²) in [7, 11) is 0. The summed E-state index contributed by atoms with van der Waals surface area (Å²) in [6.07, 6.45) is 2.26. The predicted molar refractivity (Wildman–Crippen MR) is 101 cm³/mol. The number of nitriles is 1. The molecular formula is C19H13ClN4S. The van der Waals surface area contributed by atoms with Crippen molar-refractivity contribution in [3.8, 4) is 6.07 Å². The van der Waals surface area contributed by atoms with Crippen LogP contribution < -0.4 is 0 Å². The number of hydrogen-bond donors (Lipinski definition) is 0. The SMILES string of the molecule is Cc1nc2sc3c(Cl)ncnc3c2c(C)c1Cc1ccc(C#N)cc1. The Bertz CT molecular complexity index is 1160. The molecule has 0 saturated heterocycles. The van der Waals surface area contributed by atoms with Crippen molar-refractivity contribution in [2.75, 3.05) is 0 Å². The van der Waals surface area contributed by atoms with Crippen LogP contribution in [0.5, 0.6) is 0 Å². The number of rotatable bonds is 2. The van der Waals surface area contributed by atoms with Crippen LogP contribution in [0.2, 0.25) is 5.15 Å². The smallest absolute Gasteiger partial charge is 0.150 e. The maximum Gasteiger partial charge on any atom is 0.150 e. The van der Waals surface area contributed by atoms with E-state index in [1.807, 2.05) is 31.2 Å². The quantitative estimate of drug-likeness (QED) is 0.471. The van der Waals surface area contributed by atoms with E-state index in [1.165, 1.54) is 28.8 Å². The molecular weight excluding hydrogens is 352 g/mol. The van der Waals surface area contributed by atoms with Gasteiger partial charge in [0.1, 0.15) is 16.3 Å². The molecule has 0 aliphatic heterocycles. The van der Waals surface area contributed by atoms with Gasteiger partial charge < -0.3 is 0 Å². The van der Waals surface area contributed by atoms with Crippen LogP contribution in [0.1, 0.15) is 27.9 Å². The average molecular weight is 365 g/mol. The van der Waals surface area contributed by atoms with E-state index in [4.69, 9.17) is 21.8 Å². The van der Waals surface area contributed by atoms with Crippen LogP contribution in [0.15, 0.2) is 30.6 Å². The second-order valence-electron chi connectivity index (χ2n) is 5.91. The maximum absolute atomic E-state index is 8.94. The highest BCUT2D eigenvalue weighted by Crippen LogP contribution is 2.38. The molecule has 4 nitrogen and oxygen atoms in total. The van der Waals surface area contributed by atoms with Crippen molar-refractivity contribution in [3.05, 3.63) is 63.7 Å². The number of thiophene rings is 1. The second-order valence-corrected chi connectivity index (χ2v) is 7.27. The molecule has 4 rings (SSSR count). The third kappa shape index (κ3) is 2.64. The van der Waals surface area contributed by atoms with Crippen molar-refractivity contribution in [3.63, 3.8) is 0 Å². The van der Waals surface area contributed by atoms with Crippen LogP contribution in [0, 0.1) is 25.2 Å². The van der Waals surface area contributed by atoms with Gasteiger partial charge in [0.05, 0.1) is 21.8 Å². The Hall–Kier alpha value is -2.55. The summed E-state index contributed by atoms with van der Waals surface area (Å²) < 4.78 is 0.879. The minimum atomic E-state index is 0.471. The van der Waals surface area contributed by atoms with E-state index in [0.29, 0.717) is 10.7 Å². The van der Waals surface area contributed by atoms with E-state index in [0.717, 1.165) is 38.1 Å². The molecule has 0 fully saturated rings. The first kappa shape index (κ1) is 15.9. The van der Waals surface area contributed by atoms with Crippen LogP contribution in [0.25, 0.3) is 20.4 Å². The van der Waals surface area contributed by atoms with Crippen molar-refractivity contribution in [1.82, 2.24) is 15.0 Å². The Balaban J connectivity index is 1.90. The summed E-state index contributed by atoms with van der Waals surface area (Å²) in [6, 6.07) is 9.83. The number of aryl methyl sites for hydroxylation is 2. The Morgan fingerprint density at radius 1 is 1.16 bits per heavy atom. The highest BCUT2D eigenvalue weighted by atomic mass is 35.5. The molecule has 0 amide bonds. The first-order valence-corrected chi connectivity index (χ1v) is 8.95. The highest BCUT2D eigenvalue weighted by molar-refractivity contribution is 7.26. The fourth-order valence-corrected chi connectivity index (χ4v) is 4.46. The number of halogens is 1. The maximum atomic E-state index is 8.94. The van der Waals surface area contributed by atoms with Gasteiger partial charge in [-0.05, 0) is 49.1 Å². The summed E-state index contributed by atoms with van der Waals surface area (Å²) in [4.78, 5) is 14.2. The van der Waals surface area contributed by atoms with E-state index in [9.17, 15) is 0 Å². The molecule has 0 spiro atoms. The fourth-order valence-electron chi connectivity index (χ4n) is 3.09. The van der Waals surface area contributed by atoms with Crippen molar-refractivity contribution < 1.29 is 0 Å². The van der Waals surface area contributed by atoms with Gasteiger partial charge in [-0.1, -0.05) is 23.7 Å². The first-order valence-electron chi connectivity index (χ1n) is 7.76. The molecule has 0 aliphatic rings. The van der Waals surface area contributed by atoms with Gasteiger partial charge in [-0.15, -0.1) is 11.3 Å². The van der Waals surface area contributed by atoms with Crippen molar-refractivity contribution in [2.24, 2.45) is 0 Å². The molecule has 0 saturated carbocycles. The zero-order valence-corrected chi connectivity index (χ0v) is 15.2. The lowest BCUT2D eigenvalue weighted by atomic mass is 9.97. The molecule has 3 heterocycles. The fraction of sp³-hybridized carbons (Fsp3) is 0.158. The molecule has 25 heavy (non-hydrogen) atoms. The van der Waals surface area contributed by atoms with Gasteiger partial charge in [-0.3, -0.25) is 0 Å². The summed E-state index contributed by atoms with van der Waals surface area (Å²) in [5.41, 5.74) is 6.05. The van der Waals surface area contributed by atoms with E-state index >= 15 is 0 Å². The Morgan fingerprint density at radius 2 is 1.92 bits per heavy atom. The van der Waals surface area contributed by atoms with E-state index in [2.05, 4.69) is 23.0 Å². The monoisotopic (exact) mass is 364 g/mol. The molecule has 4 aromatic rings. The molecule has 122 valence electrons. The highest BCUT2D eigenvalue weighted by Gasteiger charge is 2.17. The molecule has 0 bridgehead atoms. The summed E-state index contributed by atoms with van der Waals surface area (Å²) in [5.74, 6) is 0. The molecule has 1 aromatic carbocycles. The van der Waals surface area contributed by atoms with Gasteiger partial charge in [0.25, 0.3) is 0 Å². The van der Waals surface area contributed by atoms with Gasteiger partial charge in [0.15, 0.2) is 0 Å². The molecule has 0 radical (unpaired) electrons. The van der Waals surface area contributed by atoms with E-state index in [1.54, 1.807) is 0 Å². The summed E-state index contributed by atoms with van der Waals surface area (Å²) >= 11 is 7.76. The molecule has 3 aromatic heterocycles. The minimum absolute atomic E-state index is 0.471. The van der Waals surface area contributed by atoms with Crippen molar-refractivity contribution in [1.29, 1.82) is 5.26 Å². The van der Waals surface area contributed by atoms with Gasteiger partial charge in [-0.25, -0.2) is 15.0 Å². The summed E-state index contributed by atoms with van der Waals surface area (Å²) in [5, 5.41) is 10.5. The van der Waals surface area contributed by atoms with E-state index < -0.39 is 0 Å². The lowest BCUT2D eigenvalue weighted by molar-refractivity contribution is 1.08. The van der Waals surface area contributed by atoms with Crippen LogP contribution in [0.3, 0.4) is 0 Å². The number of benzene rings is 1. The van der Waals surface area contributed by atoms with Gasteiger partial charge in [0, 0.05) is 11.1 Å². The molecule has 6 heteroatoms. The standard InChI is InChI=1S/C19H13ClN4S/c1-10-14(7-12-3-5-13(8-21)6-4-12)11(2)24-19-15(10)16-17(25-19)18(20)23-9-22-16/h3-6,9H,7H2,1-2H3. The lowest BCUT2D eigenvalue weighted by Crippen LogP contribution is -1.99. The third-order valence-corrected chi connectivity index (χ3v) is 5.89. The minimum Gasteiger partial charge on any atom is -0.242 e. The van der Waals surface area contributed by atoms with E-state index in [-0.39, 0.29) is 0 Å². The Kier molecular flexibility index (Phi) is 3.87. The Labute approximate surface area is 153 Å². The van der Waals surface area contributed by atoms with Crippen molar-refractivity contribution >= 4 is 43.4 Å². The number of hydrogen-bond acceptors (Lipinski definition) is 5. The number of fused-ring (bicyclic) bond motifs is 3. The van der Waals surface area contributed by atoms with Crippen LogP contribution >= 0.6 is 22.9 Å². The zero-order chi connectivity index (χ0) is 17.6. The summed E-state index contributed by atoms with van der Waals surface area (Å²) in [6.45, 7) is 4.14. The molecule has 0 N–H and O–H groups in total. The number of pyridine rings is 1. The van der Waals surface area contributed by atoms with Gasteiger partial charge in [-0.2, -0.15) is 5.26 Å². The predicted octanol–water partition coefficient (Wildman–Crippen LogP) is 4.97.